The van der Waals surface area contributed by atoms with Crippen molar-refractivity contribution in [1.82, 2.24) is 24.8 Å². The molecule has 2 heterocycles. The zero-order valence-electron chi connectivity index (χ0n) is 18.1. The number of aryl methyl sites for hydroxylation is 1. The van der Waals surface area contributed by atoms with Crippen LogP contribution < -0.4 is 5.32 Å². The van der Waals surface area contributed by atoms with E-state index in [0.29, 0.717) is 5.56 Å². The Balaban J connectivity index is 1.70. The standard InChI is InChI=1S/C24H27N5O2S/c1-17-9-11-18(12-10-17)15-29(24(31)21-16-32-28-27-21)22(19-6-5-13-25-14-19)23(30)26-20-7-3-2-4-8-20/h5-6,9-14,16,20,22H,2-4,7-8,15H2,1H3,(H,26,30)/t22-/m1/s1. The highest BCUT2D eigenvalue weighted by Crippen LogP contribution is 2.27. The van der Waals surface area contributed by atoms with Crippen LogP contribution in [-0.2, 0) is 11.3 Å². The Labute approximate surface area is 192 Å². The summed E-state index contributed by atoms with van der Waals surface area (Å²) in [5.74, 6) is -0.513. The molecule has 0 spiro atoms. The molecule has 1 N–H and O–H groups in total. The largest absolute Gasteiger partial charge is 0.351 e. The lowest BCUT2D eigenvalue weighted by Crippen LogP contribution is -2.47. The molecular weight excluding hydrogens is 422 g/mol. The molecule has 32 heavy (non-hydrogen) atoms. The summed E-state index contributed by atoms with van der Waals surface area (Å²) < 4.78 is 3.85. The van der Waals surface area contributed by atoms with E-state index in [-0.39, 0.29) is 30.1 Å². The van der Waals surface area contributed by atoms with Gasteiger partial charge in [-0.2, -0.15) is 0 Å². The van der Waals surface area contributed by atoms with Gasteiger partial charge in [-0.05, 0) is 42.9 Å². The van der Waals surface area contributed by atoms with Crippen molar-refractivity contribution in [2.75, 3.05) is 0 Å². The monoisotopic (exact) mass is 449 g/mol. The smallest absolute Gasteiger partial charge is 0.276 e. The van der Waals surface area contributed by atoms with Crippen LogP contribution in [0.15, 0.2) is 54.2 Å². The van der Waals surface area contributed by atoms with Crippen molar-refractivity contribution < 1.29 is 9.59 Å². The van der Waals surface area contributed by atoms with Gasteiger partial charge in [-0.3, -0.25) is 14.6 Å². The Morgan fingerprint density at radius 1 is 1.16 bits per heavy atom. The maximum absolute atomic E-state index is 13.6. The third-order valence-corrected chi connectivity index (χ3v) is 6.33. The van der Waals surface area contributed by atoms with Gasteiger partial charge in [0.25, 0.3) is 5.91 Å². The topological polar surface area (TPSA) is 88.1 Å². The maximum atomic E-state index is 13.6. The minimum Gasteiger partial charge on any atom is -0.351 e. The Kier molecular flexibility index (Phi) is 7.21. The van der Waals surface area contributed by atoms with Crippen LogP contribution in [0.25, 0.3) is 0 Å². The highest BCUT2D eigenvalue weighted by atomic mass is 32.1. The zero-order valence-corrected chi connectivity index (χ0v) is 18.9. The third kappa shape index (κ3) is 5.37. The van der Waals surface area contributed by atoms with Crippen LogP contribution in [0.4, 0.5) is 0 Å². The normalized spacial score (nSPS) is 15.2. The molecule has 1 aliphatic rings. The highest BCUT2D eigenvalue weighted by Gasteiger charge is 2.34. The molecule has 0 radical (unpaired) electrons. The summed E-state index contributed by atoms with van der Waals surface area (Å²) in [5.41, 5.74) is 2.98. The summed E-state index contributed by atoms with van der Waals surface area (Å²) in [4.78, 5) is 32.9. The van der Waals surface area contributed by atoms with Gasteiger partial charge in [-0.1, -0.05) is 59.6 Å². The van der Waals surface area contributed by atoms with E-state index >= 15 is 0 Å². The first kappa shape index (κ1) is 22.1. The number of amides is 2. The molecular formula is C24H27N5O2S. The molecule has 3 aromatic rings. The number of carbonyl (C=O) groups is 2. The summed E-state index contributed by atoms with van der Waals surface area (Å²) in [7, 11) is 0. The Morgan fingerprint density at radius 3 is 2.59 bits per heavy atom. The number of nitrogens with one attached hydrogen (secondary N) is 1. The average Bonchev–Trinajstić information content (AvgIpc) is 3.36. The summed E-state index contributed by atoms with van der Waals surface area (Å²) in [6.45, 7) is 2.29. The van der Waals surface area contributed by atoms with Gasteiger partial charge in [-0.15, -0.1) is 5.10 Å². The van der Waals surface area contributed by atoms with Crippen molar-refractivity contribution >= 4 is 23.3 Å². The van der Waals surface area contributed by atoms with E-state index in [9.17, 15) is 9.59 Å². The van der Waals surface area contributed by atoms with Crippen LogP contribution in [-0.4, -0.2) is 37.3 Å². The van der Waals surface area contributed by atoms with Crippen LogP contribution in [0, 0.1) is 6.92 Å². The van der Waals surface area contributed by atoms with Gasteiger partial charge in [0.1, 0.15) is 6.04 Å². The fourth-order valence-corrected chi connectivity index (χ4v) is 4.54. The minimum absolute atomic E-state index is 0.132. The first-order valence-electron chi connectivity index (χ1n) is 11.0. The number of hydrogen-bond donors (Lipinski definition) is 1. The summed E-state index contributed by atoms with van der Waals surface area (Å²) in [6.07, 6.45) is 8.67. The molecule has 2 aromatic heterocycles. The summed E-state index contributed by atoms with van der Waals surface area (Å²) in [5, 5.41) is 8.79. The molecule has 0 aliphatic heterocycles. The van der Waals surface area contributed by atoms with Crippen LogP contribution in [0.5, 0.6) is 0 Å². The van der Waals surface area contributed by atoms with E-state index in [1.807, 2.05) is 37.3 Å². The lowest BCUT2D eigenvalue weighted by molar-refractivity contribution is -0.127. The van der Waals surface area contributed by atoms with Crippen LogP contribution in [0.2, 0.25) is 0 Å². The quantitative estimate of drug-likeness (QED) is 0.587. The van der Waals surface area contributed by atoms with Gasteiger partial charge in [0.05, 0.1) is 0 Å². The van der Waals surface area contributed by atoms with Gasteiger partial charge >= 0.3 is 0 Å². The second-order valence-electron chi connectivity index (χ2n) is 8.24. The zero-order chi connectivity index (χ0) is 22.3. The fraction of sp³-hybridized carbons (Fsp3) is 0.375. The van der Waals surface area contributed by atoms with Gasteiger partial charge in [0, 0.05) is 35.9 Å². The molecule has 4 rings (SSSR count). The molecule has 0 bridgehead atoms. The van der Waals surface area contributed by atoms with Crippen LogP contribution in [0.1, 0.15) is 65.3 Å². The predicted octanol–water partition coefficient (Wildman–Crippen LogP) is 4.07. The number of aromatic nitrogens is 3. The minimum atomic E-state index is -0.818. The number of nitrogens with zero attached hydrogens (tertiary/aromatic N) is 4. The molecule has 7 nitrogen and oxygen atoms in total. The SMILES string of the molecule is Cc1ccc(CN(C(=O)c2csnn2)[C@@H](C(=O)NC2CCCCC2)c2cccnc2)cc1. The molecule has 1 aliphatic carbocycles. The van der Waals surface area contributed by atoms with E-state index in [0.717, 1.165) is 48.3 Å². The molecule has 0 saturated heterocycles. The Bertz CT molecular complexity index is 1020. The van der Waals surface area contributed by atoms with Gasteiger partial charge in [0.2, 0.25) is 5.91 Å². The van der Waals surface area contributed by atoms with E-state index in [1.165, 1.54) is 6.42 Å². The van der Waals surface area contributed by atoms with E-state index in [4.69, 9.17) is 0 Å². The maximum Gasteiger partial charge on any atom is 0.276 e. The molecule has 2 amide bonds. The second kappa shape index (κ2) is 10.5. The molecule has 1 aromatic carbocycles. The van der Waals surface area contributed by atoms with E-state index in [2.05, 4.69) is 19.9 Å². The fourth-order valence-electron chi connectivity index (χ4n) is 4.11. The number of carbonyl (C=O) groups excluding carboxylic acids is 2. The van der Waals surface area contributed by atoms with E-state index < -0.39 is 6.04 Å². The first-order valence-corrected chi connectivity index (χ1v) is 11.8. The Morgan fingerprint density at radius 2 is 1.94 bits per heavy atom. The number of benzene rings is 1. The molecule has 8 heteroatoms. The van der Waals surface area contributed by atoms with Crippen molar-refractivity contribution in [3.05, 3.63) is 76.6 Å². The molecule has 0 unspecified atom stereocenters. The molecule has 1 saturated carbocycles. The lowest BCUT2D eigenvalue weighted by Gasteiger charge is -2.33. The van der Waals surface area contributed by atoms with Crippen LogP contribution >= 0.6 is 11.5 Å². The highest BCUT2D eigenvalue weighted by molar-refractivity contribution is 7.03. The summed E-state index contributed by atoms with van der Waals surface area (Å²) >= 11 is 1.12. The average molecular weight is 450 g/mol. The molecule has 166 valence electrons. The Hall–Kier alpha value is -3.13. The second-order valence-corrected chi connectivity index (χ2v) is 8.85. The number of hydrogen-bond acceptors (Lipinski definition) is 6. The summed E-state index contributed by atoms with van der Waals surface area (Å²) in [6, 6.07) is 10.9. The van der Waals surface area contributed by atoms with Crippen LogP contribution in [0.3, 0.4) is 0 Å². The van der Waals surface area contributed by atoms with Crippen molar-refractivity contribution in [2.45, 2.75) is 57.7 Å². The van der Waals surface area contributed by atoms with Gasteiger partial charge < -0.3 is 10.2 Å². The van der Waals surface area contributed by atoms with Gasteiger partial charge in [-0.25, -0.2) is 0 Å². The third-order valence-electron chi connectivity index (χ3n) is 5.83. The van der Waals surface area contributed by atoms with Crippen molar-refractivity contribution in [3.63, 3.8) is 0 Å². The van der Waals surface area contributed by atoms with Crippen molar-refractivity contribution in [2.24, 2.45) is 0 Å². The predicted molar refractivity (Wildman–Crippen MR) is 123 cm³/mol. The van der Waals surface area contributed by atoms with Crippen molar-refractivity contribution in [3.8, 4) is 0 Å². The van der Waals surface area contributed by atoms with Crippen molar-refractivity contribution in [1.29, 1.82) is 0 Å². The lowest BCUT2D eigenvalue weighted by atomic mass is 9.94. The molecule has 1 fully saturated rings. The van der Waals surface area contributed by atoms with Gasteiger partial charge in [0.15, 0.2) is 5.69 Å². The number of pyridine rings is 1. The number of rotatable bonds is 7. The first-order chi connectivity index (χ1) is 15.6. The molecule has 1 atom stereocenters. The van der Waals surface area contributed by atoms with E-state index in [1.54, 1.807) is 28.7 Å².